The van der Waals surface area contributed by atoms with Gasteiger partial charge in [-0.2, -0.15) is 4.98 Å². The Morgan fingerprint density at radius 2 is 1.54 bits per heavy atom. The Balaban J connectivity index is 1.62. The van der Waals surface area contributed by atoms with E-state index in [1.54, 1.807) is 12.3 Å². The molecule has 0 saturated heterocycles. The highest BCUT2D eigenvalue weighted by molar-refractivity contribution is 5.67. The van der Waals surface area contributed by atoms with Gasteiger partial charge in [0.05, 0.1) is 5.69 Å². The molecule has 8 nitrogen and oxygen atoms in total. The minimum absolute atomic E-state index is 0.256. The molecule has 0 aliphatic heterocycles. The predicted octanol–water partition coefficient (Wildman–Crippen LogP) is 3.54. The molecule has 0 bridgehead atoms. The van der Waals surface area contributed by atoms with E-state index < -0.39 is 5.76 Å². The molecule has 28 heavy (non-hydrogen) atoms. The van der Waals surface area contributed by atoms with Crippen LogP contribution in [-0.2, 0) is 0 Å². The van der Waals surface area contributed by atoms with E-state index in [0.29, 0.717) is 23.0 Å². The molecular weight excluding hydrogens is 358 g/mol. The molecule has 0 aliphatic carbocycles. The van der Waals surface area contributed by atoms with Crippen molar-refractivity contribution in [3.8, 4) is 40.0 Å². The molecule has 0 amide bonds. The first-order valence-electron chi connectivity index (χ1n) is 8.52. The van der Waals surface area contributed by atoms with Crippen LogP contribution in [0.2, 0.25) is 0 Å². The average Bonchev–Trinajstić information content (AvgIpc) is 3.48. The summed E-state index contributed by atoms with van der Waals surface area (Å²) in [5, 5.41) is 7.96. The molecule has 0 spiro atoms. The zero-order valence-corrected chi connectivity index (χ0v) is 14.4. The van der Waals surface area contributed by atoms with Gasteiger partial charge in [0.1, 0.15) is 5.69 Å². The highest BCUT2D eigenvalue weighted by Gasteiger charge is 2.22. The van der Waals surface area contributed by atoms with E-state index in [9.17, 15) is 4.79 Å². The second kappa shape index (κ2) is 6.51. The molecule has 136 valence electrons. The lowest BCUT2D eigenvalue weighted by Crippen LogP contribution is -2.13. The third-order valence-corrected chi connectivity index (χ3v) is 4.27. The number of hydrogen-bond acceptors (Lipinski definition) is 6. The minimum Gasteiger partial charge on any atom is -0.355 e. The Morgan fingerprint density at radius 3 is 2.29 bits per heavy atom. The Hall–Kier alpha value is -4.20. The van der Waals surface area contributed by atoms with Gasteiger partial charge in [-0.05, 0) is 6.07 Å². The van der Waals surface area contributed by atoms with Crippen molar-refractivity contribution in [2.75, 3.05) is 0 Å². The summed E-state index contributed by atoms with van der Waals surface area (Å²) in [4.78, 5) is 19.9. The second-order valence-corrected chi connectivity index (χ2v) is 6.00. The van der Waals surface area contributed by atoms with Gasteiger partial charge >= 0.3 is 5.76 Å². The Morgan fingerprint density at radius 1 is 0.821 bits per heavy atom. The summed E-state index contributed by atoms with van der Waals surface area (Å²) >= 11 is 0. The van der Waals surface area contributed by atoms with Crippen LogP contribution in [0.25, 0.3) is 40.0 Å². The molecule has 0 radical (unpaired) electrons. The fourth-order valence-electron chi connectivity index (χ4n) is 2.98. The van der Waals surface area contributed by atoms with Crippen LogP contribution in [0.4, 0.5) is 0 Å². The fourth-order valence-corrected chi connectivity index (χ4v) is 2.98. The van der Waals surface area contributed by atoms with E-state index in [2.05, 4.69) is 20.3 Å². The Bertz CT molecular complexity index is 1280. The topological polar surface area (TPSA) is 103 Å². The molecule has 3 aromatic heterocycles. The van der Waals surface area contributed by atoms with E-state index in [1.165, 1.54) is 4.57 Å². The van der Waals surface area contributed by atoms with Crippen molar-refractivity contribution in [2.45, 2.75) is 0 Å². The molecule has 1 N–H and O–H groups in total. The number of aromatic nitrogens is 5. The number of nitrogens with zero attached hydrogens (tertiary/aromatic N) is 4. The number of benzene rings is 2. The predicted molar refractivity (Wildman–Crippen MR) is 101 cm³/mol. The number of H-pyrrole nitrogens is 1. The van der Waals surface area contributed by atoms with Crippen molar-refractivity contribution in [3.05, 3.63) is 83.5 Å². The lowest BCUT2D eigenvalue weighted by molar-refractivity contribution is 0.383. The van der Waals surface area contributed by atoms with Crippen LogP contribution in [-0.4, -0.2) is 24.8 Å². The maximum atomic E-state index is 12.4. The highest BCUT2D eigenvalue weighted by atomic mass is 16.5. The maximum Gasteiger partial charge on any atom is 0.446 e. The van der Waals surface area contributed by atoms with Gasteiger partial charge in [0.15, 0.2) is 5.82 Å². The summed E-state index contributed by atoms with van der Waals surface area (Å²) in [5.41, 5.74) is 2.58. The zero-order chi connectivity index (χ0) is 18.9. The fraction of sp³-hybridized carbons (Fsp3) is 0. The van der Waals surface area contributed by atoms with Crippen LogP contribution >= 0.6 is 0 Å². The molecule has 0 aliphatic rings. The third kappa shape index (κ3) is 2.64. The molecule has 5 aromatic rings. The molecule has 5 rings (SSSR count). The van der Waals surface area contributed by atoms with Crippen LogP contribution in [0.5, 0.6) is 0 Å². The second-order valence-electron chi connectivity index (χ2n) is 6.00. The van der Waals surface area contributed by atoms with Gasteiger partial charge in [-0.3, -0.25) is 4.52 Å². The number of nitrogens with one attached hydrogen (secondary N) is 1. The first-order chi connectivity index (χ1) is 13.8. The van der Waals surface area contributed by atoms with Gasteiger partial charge in [-0.15, -0.1) is 0 Å². The van der Waals surface area contributed by atoms with Crippen molar-refractivity contribution >= 4 is 0 Å². The number of hydrogen-bond donors (Lipinski definition) is 1. The van der Waals surface area contributed by atoms with Crippen molar-refractivity contribution in [3.63, 3.8) is 0 Å². The molecule has 0 saturated carbocycles. The molecular formula is C20H13N5O3. The van der Waals surface area contributed by atoms with Crippen LogP contribution in [0.15, 0.2) is 86.8 Å². The minimum atomic E-state index is -0.609. The van der Waals surface area contributed by atoms with Gasteiger partial charge in [0.25, 0.3) is 5.89 Å². The largest absolute Gasteiger partial charge is 0.446 e. The molecule has 0 atom stereocenters. The van der Waals surface area contributed by atoms with Crippen LogP contribution in [0.3, 0.4) is 0 Å². The maximum absolute atomic E-state index is 12.4. The first-order valence-corrected chi connectivity index (χ1v) is 8.52. The number of aromatic amines is 1. The van der Waals surface area contributed by atoms with Crippen molar-refractivity contribution in [1.29, 1.82) is 0 Å². The molecule has 2 aromatic carbocycles. The lowest BCUT2D eigenvalue weighted by Gasteiger charge is -2.03. The zero-order valence-electron chi connectivity index (χ0n) is 14.4. The van der Waals surface area contributed by atoms with Crippen LogP contribution in [0.1, 0.15) is 0 Å². The molecule has 0 unspecified atom stereocenters. The summed E-state index contributed by atoms with van der Waals surface area (Å²) in [6.45, 7) is 0. The summed E-state index contributed by atoms with van der Waals surface area (Å²) in [5.74, 6) is 0.486. The Labute approximate surface area is 158 Å². The van der Waals surface area contributed by atoms with E-state index in [4.69, 9.17) is 9.05 Å². The van der Waals surface area contributed by atoms with E-state index in [0.717, 1.165) is 11.1 Å². The van der Waals surface area contributed by atoms with Crippen LogP contribution in [0, 0.1) is 0 Å². The van der Waals surface area contributed by atoms with Crippen molar-refractivity contribution in [1.82, 2.24) is 24.8 Å². The summed E-state index contributed by atoms with van der Waals surface area (Å²) in [7, 11) is 0. The first kappa shape index (κ1) is 16.0. The van der Waals surface area contributed by atoms with Gasteiger partial charge in [-0.1, -0.05) is 71.0 Å². The van der Waals surface area contributed by atoms with Crippen LogP contribution < -0.4 is 5.76 Å². The summed E-state index contributed by atoms with van der Waals surface area (Å²) in [6.07, 6.45) is 1.69. The highest BCUT2D eigenvalue weighted by Crippen LogP contribution is 2.28. The van der Waals surface area contributed by atoms with Gasteiger partial charge < -0.3 is 9.51 Å². The average molecular weight is 371 g/mol. The quantitative estimate of drug-likeness (QED) is 0.518. The molecule has 8 heteroatoms. The van der Waals surface area contributed by atoms with Gasteiger partial charge in [0.2, 0.25) is 5.82 Å². The smallest absolute Gasteiger partial charge is 0.355 e. The monoisotopic (exact) mass is 371 g/mol. The van der Waals surface area contributed by atoms with Gasteiger partial charge in [-0.25, -0.2) is 9.36 Å². The van der Waals surface area contributed by atoms with Crippen molar-refractivity contribution < 1.29 is 9.05 Å². The van der Waals surface area contributed by atoms with E-state index in [-0.39, 0.29) is 5.89 Å². The van der Waals surface area contributed by atoms with E-state index >= 15 is 0 Å². The summed E-state index contributed by atoms with van der Waals surface area (Å²) < 4.78 is 11.7. The SMILES string of the molecule is O=c1onc(-c2ccccc2)n1-c1cc[nH]c1-c1nc(-c2ccccc2)no1. The molecule has 0 fully saturated rings. The summed E-state index contributed by atoms with van der Waals surface area (Å²) in [6, 6.07) is 20.5. The third-order valence-electron chi connectivity index (χ3n) is 4.27. The standard InChI is InChI=1S/C20H13N5O3/c26-20-25(18(24-28-20)14-9-5-2-6-10-14)15-11-12-21-16(15)19-22-17(23-27-19)13-7-3-1-4-8-13/h1-12,21H. The van der Waals surface area contributed by atoms with Crippen molar-refractivity contribution in [2.24, 2.45) is 0 Å². The lowest BCUT2D eigenvalue weighted by atomic mass is 10.2. The number of rotatable bonds is 4. The molecule has 3 heterocycles. The van der Waals surface area contributed by atoms with Gasteiger partial charge in [0, 0.05) is 17.3 Å². The van der Waals surface area contributed by atoms with E-state index in [1.807, 2.05) is 60.7 Å². The Kier molecular flexibility index (Phi) is 3.72. The normalized spacial score (nSPS) is 11.0.